The van der Waals surface area contributed by atoms with Crippen LogP contribution < -0.4 is 5.32 Å². The van der Waals surface area contributed by atoms with Crippen molar-refractivity contribution in [2.24, 2.45) is 5.92 Å². The van der Waals surface area contributed by atoms with Gasteiger partial charge in [-0.3, -0.25) is 0 Å². The Morgan fingerprint density at radius 3 is 2.95 bits per heavy atom. The van der Waals surface area contributed by atoms with Gasteiger partial charge >= 0.3 is 5.97 Å². The van der Waals surface area contributed by atoms with E-state index in [0.29, 0.717) is 37.6 Å². The molecule has 0 spiro atoms. The van der Waals surface area contributed by atoms with Crippen molar-refractivity contribution in [1.82, 2.24) is 9.29 Å². The normalized spacial score (nSPS) is 19.1. The standard InChI is InChI=1S/C14H21N3O4S/c1-3-21-14(18)12-5-4-7-15-13(12)16-9-11-6-8-17(10-11)22(2,19)20/h4-5,7,11H,3,6,8-10H2,1-2H3,(H,15,16)/t11-/m1/s1. The molecule has 2 rings (SSSR count). The van der Waals surface area contributed by atoms with Crippen molar-refractivity contribution in [3.05, 3.63) is 23.9 Å². The Morgan fingerprint density at radius 1 is 1.55 bits per heavy atom. The molecule has 1 N–H and O–H groups in total. The minimum Gasteiger partial charge on any atom is -0.462 e. The summed E-state index contributed by atoms with van der Waals surface area (Å²) in [6.07, 6.45) is 3.62. The Hall–Kier alpha value is -1.67. The third-order valence-corrected chi connectivity index (χ3v) is 4.85. The van der Waals surface area contributed by atoms with E-state index in [9.17, 15) is 13.2 Å². The van der Waals surface area contributed by atoms with E-state index in [-0.39, 0.29) is 5.92 Å². The monoisotopic (exact) mass is 327 g/mol. The third kappa shape index (κ3) is 4.17. The van der Waals surface area contributed by atoms with Gasteiger partial charge in [0.25, 0.3) is 0 Å². The number of esters is 1. The Balaban J connectivity index is 1.97. The number of nitrogens with zero attached hydrogens (tertiary/aromatic N) is 2. The summed E-state index contributed by atoms with van der Waals surface area (Å²) in [7, 11) is -3.13. The molecule has 0 aliphatic carbocycles. The zero-order valence-electron chi connectivity index (χ0n) is 12.8. The molecule has 1 aromatic rings. The maximum absolute atomic E-state index is 11.9. The molecule has 0 bridgehead atoms. The van der Waals surface area contributed by atoms with E-state index >= 15 is 0 Å². The predicted octanol–water partition coefficient (Wildman–Crippen LogP) is 0.952. The average molecular weight is 327 g/mol. The molecule has 0 saturated carbocycles. The first-order chi connectivity index (χ1) is 10.4. The summed E-state index contributed by atoms with van der Waals surface area (Å²) >= 11 is 0. The van der Waals surface area contributed by atoms with Gasteiger partial charge in [-0.2, -0.15) is 0 Å². The number of aromatic nitrogens is 1. The maximum atomic E-state index is 11.9. The van der Waals surface area contributed by atoms with E-state index < -0.39 is 16.0 Å². The number of pyridine rings is 1. The van der Waals surface area contributed by atoms with Gasteiger partial charge in [-0.15, -0.1) is 0 Å². The van der Waals surface area contributed by atoms with Crippen molar-refractivity contribution in [3.8, 4) is 0 Å². The number of carbonyl (C=O) groups excluding carboxylic acids is 1. The van der Waals surface area contributed by atoms with Crippen LogP contribution in [0.1, 0.15) is 23.7 Å². The van der Waals surface area contributed by atoms with Gasteiger partial charge in [0.2, 0.25) is 10.0 Å². The van der Waals surface area contributed by atoms with Crippen molar-refractivity contribution in [2.75, 3.05) is 37.8 Å². The van der Waals surface area contributed by atoms with Gasteiger partial charge in [-0.25, -0.2) is 22.5 Å². The minimum absolute atomic E-state index is 0.201. The summed E-state index contributed by atoms with van der Waals surface area (Å²) in [5.74, 6) is 0.257. The number of rotatable bonds is 6. The first-order valence-corrected chi connectivity index (χ1v) is 9.07. The SMILES string of the molecule is CCOC(=O)c1cccnc1NC[C@H]1CCN(S(C)(=O)=O)C1. The predicted molar refractivity (Wildman–Crippen MR) is 83.2 cm³/mol. The second kappa shape index (κ2) is 7.06. The molecule has 0 unspecified atom stereocenters. The molecule has 1 saturated heterocycles. The molecular formula is C14H21N3O4S. The number of hydrogen-bond donors (Lipinski definition) is 1. The average Bonchev–Trinajstić information content (AvgIpc) is 2.94. The molecule has 1 aliphatic rings. The molecule has 0 radical (unpaired) electrons. The minimum atomic E-state index is -3.13. The first kappa shape index (κ1) is 16.7. The van der Waals surface area contributed by atoms with Crippen LogP contribution in [0.4, 0.5) is 5.82 Å². The van der Waals surface area contributed by atoms with Crippen molar-refractivity contribution < 1.29 is 17.9 Å². The zero-order chi connectivity index (χ0) is 16.2. The lowest BCUT2D eigenvalue weighted by molar-refractivity contribution is 0.0527. The second-order valence-electron chi connectivity index (χ2n) is 5.28. The Labute approximate surface area is 130 Å². The van der Waals surface area contributed by atoms with Crippen LogP contribution in [0.3, 0.4) is 0 Å². The molecule has 1 aliphatic heterocycles. The lowest BCUT2D eigenvalue weighted by atomic mass is 10.1. The molecule has 1 aromatic heterocycles. The van der Waals surface area contributed by atoms with Crippen LogP contribution in [-0.2, 0) is 14.8 Å². The van der Waals surface area contributed by atoms with Crippen molar-refractivity contribution in [2.45, 2.75) is 13.3 Å². The van der Waals surface area contributed by atoms with Crippen LogP contribution in [0.2, 0.25) is 0 Å². The number of anilines is 1. The van der Waals surface area contributed by atoms with Crippen molar-refractivity contribution in [1.29, 1.82) is 0 Å². The molecule has 0 amide bonds. The summed E-state index contributed by atoms with van der Waals surface area (Å²) in [5, 5.41) is 3.13. The molecule has 22 heavy (non-hydrogen) atoms. The van der Waals surface area contributed by atoms with Crippen LogP contribution in [0.15, 0.2) is 18.3 Å². The zero-order valence-corrected chi connectivity index (χ0v) is 13.6. The van der Waals surface area contributed by atoms with Crippen LogP contribution in [0, 0.1) is 5.92 Å². The fourth-order valence-corrected chi connectivity index (χ4v) is 3.34. The summed E-state index contributed by atoms with van der Waals surface area (Å²) in [6.45, 7) is 3.65. The van der Waals surface area contributed by atoms with Crippen LogP contribution >= 0.6 is 0 Å². The second-order valence-corrected chi connectivity index (χ2v) is 7.26. The van der Waals surface area contributed by atoms with Gasteiger partial charge in [0.05, 0.1) is 12.9 Å². The largest absolute Gasteiger partial charge is 0.462 e. The van der Waals surface area contributed by atoms with Gasteiger partial charge in [-0.1, -0.05) is 0 Å². The van der Waals surface area contributed by atoms with Crippen LogP contribution in [0.5, 0.6) is 0 Å². The molecule has 2 heterocycles. The Kier molecular flexibility index (Phi) is 5.36. The highest BCUT2D eigenvalue weighted by molar-refractivity contribution is 7.88. The highest BCUT2D eigenvalue weighted by Gasteiger charge is 2.28. The van der Waals surface area contributed by atoms with Crippen molar-refractivity contribution >= 4 is 21.8 Å². The molecule has 1 atom stereocenters. The summed E-state index contributed by atoms with van der Waals surface area (Å²) in [6, 6.07) is 3.34. The van der Waals surface area contributed by atoms with E-state index in [1.807, 2.05) is 0 Å². The van der Waals surface area contributed by atoms with Crippen LogP contribution in [0.25, 0.3) is 0 Å². The molecule has 122 valence electrons. The molecule has 7 nitrogen and oxygen atoms in total. The van der Waals surface area contributed by atoms with E-state index in [2.05, 4.69) is 10.3 Å². The van der Waals surface area contributed by atoms with Crippen molar-refractivity contribution in [3.63, 3.8) is 0 Å². The lowest BCUT2D eigenvalue weighted by Gasteiger charge is -2.15. The maximum Gasteiger partial charge on any atom is 0.341 e. The summed E-state index contributed by atoms with van der Waals surface area (Å²) < 4.78 is 29.5. The first-order valence-electron chi connectivity index (χ1n) is 7.23. The molecular weight excluding hydrogens is 306 g/mol. The van der Waals surface area contributed by atoms with Gasteiger partial charge in [-0.05, 0) is 31.4 Å². The molecule has 8 heteroatoms. The number of hydrogen-bond acceptors (Lipinski definition) is 6. The summed E-state index contributed by atoms with van der Waals surface area (Å²) in [4.78, 5) is 16.0. The highest BCUT2D eigenvalue weighted by atomic mass is 32.2. The van der Waals surface area contributed by atoms with E-state index in [1.165, 1.54) is 10.6 Å². The number of ether oxygens (including phenoxy) is 1. The fourth-order valence-electron chi connectivity index (χ4n) is 2.43. The third-order valence-electron chi connectivity index (χ3n) is 3.58. The summed E-state index contributed by atoms with van der Waals surface area (Å²) in [5.41, 5.74) is 0.391. The van der Waals surface area contributed by atoms with Gasteiger partial charge in [0, 0.05) is 25.8 Å². The smallest absolute Gasteiger partial charge is 0.341 e. The Morgan fingerprint density at radius 2 is 2.32 bits per heavy atom. The topological polar surface area (TPSA) is 88.6 Å². The van der Waals surface area contributed by atoms with Gasteiger partial charge in [0.1, 0.15) is 11.4 Å². The number of carbonyl (C=O) groups is 1. The highest BCUT2D eigenvalue weighted by Crippen LogP contribution is 2.20. The lowest BCUT2D eigenvalue weighted by Crippen LogP contribution is -2.28. The van der Waals surface area contributed by atoms with Gasteiger partial charge < -0.3 is 10.1 Å². The molecule has 0 aromatic carbocycles. The van der Waals surface area contributed by atoms with Crippen LogP contribution in [-0.4, -0.2) is 56.2 Å². The number of nitrogens with one attached hydrogen (secondary N) is 1. The van der Waals surface area contributed by atoms with E-state index in [1.54, 1.807) is 25.3 Å². The van der Waals surface area contributed by atoms with E-state index in [4.69, 9.17) is 4.74 Å². The molecule has 1 fully saturated rings. The quantitative estimate of drug-likeness (QED) is 0.783. The Bertz CT molecular complexity index is 633. The number of sulfonamides is 1. The van der Waals surface area contributed by atoms with E-state index in [0.717, 1.165) is 6.42 Å². The fraction of sp³-hybridized carbons (Fsp3) is 0.571. The van der Waals surface area contributed by atoms with Gasteiger partial charge in [0.15, 0.2) is 0 Å².